The Balaban J connectivity index is 1.85. The molecule has 1 N–H and O–H groups in total. The van der Waals surface area contributed by atoms with Gasteiger partial charge in [0.05, 0.1) is 6.54 Å². The van der Waals surface area contributed by atoms with Gasteiger partial charge in [-0.3, -0.25) is 4.79 Å². The number of carbonyl (C=O) groups excluding carboxylic acids is 1. The molecular weight excluding hydrogens is 338 g/mol. The molecule has 0 spiro atoms. The van der Waals surface area contributed by atoms with Crippen LogP contribution in [0.25, 0.3) is 0 Å². The fraction of sp³-hybridized carbons (Fsp3) is 0.429. The lowest BCUT2D eigenvalue weighted by Gasteiger charge is -2.14. The van der Waals surface area contributed by atoms with Crippen molar-refractivity contribution in [2.75, 3.05) is 20.8 Å². The van der Waals surface area contributed by atoms with E-state index in [9.17, 15) is 4.79 Å². The minimum Gasteiger partial charge on any atom is -0.486 e. The molecular formula is C14H18ClN5O4. The number of rotatable bonds is 9. The van der Waals surface area contributed by atoms with Crippen molar-refractivity contribution < 1.29 is 19.0 Å². The van der Waals surface area contributed by atoms with Crippen LogP contribution in [0.4, 0.5) is 0 Å². The average Bonchev–Trinajstić information content (AvgIpc) is 3.02. The molecule has 1 aromatic carbocycles. The number of nitrogens with zero attached hydrogens (tertiary/aromatic N) is 4. The molecule has 0 bridgehead atoms. The Morgan fingerprint density at radius 3 is 2.67 bits per heavy atom. The van der Waals surface area contributed by atoms with Crippen LogP contribution in [0.5, 0.6) is 5.75 Å². The number of aromatic nitrogens is 4. The van der Waals surface area contributed by atoms with E-state index in [-0.39, 0.29) is 25.6 Å². The number of amides is 1. The zero-order valence-corrected chi connectivity index (χ0v) is 14.1. The maximum Gasteiger partial charge on any atom is 0.242 e. The summed E-state index contributed by atoms with van der Waals surface area (Å²) < 4.78 is 16.9. The number of ether oxygens (including phenoxy) is 3. The molecule has 2 rings (SSSR count). The molecule has 0 unspecified atom stereocenters. The number of halogens is 1. The van der Waals surface area contributed by atoms with Crippen molar-refractivity contribution in [2.24, 2.45) is 0 Å². The van der Waals surface area contributed by atoms with Gasteiger partial charge in [0.15, 0.2) is 12.1 Å². The van der Waals surface area contributed by atoms with Crippen molar-refractivity contribution in [3.63, 3.8) is 0 Å². The first-order chi connectivity index (χ1) is 11.6. The topological polar surface area (TPSA) is 100 Å². The number of hydrogen-bond acceptors (Lipinski definition) is 7. The SMILES string of the molecule is COC(CNC(=O)Cn1nnnc1COc1ccc(Cl)cc1)OC. The molecule has 1 amide bonds. The third kappa shape index (κ3) is 5.44. The number of nitrogens with one attached hydrogen (secondary N) is 1. The summed E-state index contributed by atoms with van der Waals surface area (Å²) in [5.41, 5.74) is 0. The van der Waals surface area contributed by atoms with E-state index in [2.05, 4.69) is 20.8 Å². The second-order valence-corrected chi connectivity index (χ2v) is 5.14. The Morgan fingerprint density at radius 2 is 2.00 bits per heavy atom. The summed E-state index contributed by atoms with van der Waals surface area (Å²) in [6.45, 7) is 0.317. The third-order valence-corrected chi connectivity index (χ3v) is 3.32. The second kappa shape index (κ2) is 9.16. The van der Waals surface area contributed by atoms with Crippen LogP contribution in [-0.2, 0) is 27.4 Å². The van der Waals surface area contributed by atoms with Gasteiger partial charge in [-0.25, -0.2) is 4.68 Å². The maximum atomic E-state index is 11.9. The molecule has 0 aliphatic carbocycles. The molecule has 10 heteroatoms. The first-order valence-corrected chi connectivity index (χ1v) is 7.46. The van der Waals surface area contributed by atoms with Crippen molar-refractivity contribution >= 4 is 17.5 Å². The van der Waals surface area contributed by atoms with Crippen LogP contribution in [0, 0.1) is 0 Å². The lowest BCUT2D eigenvalue weighted by Crippen LogP contribution is -2.36. The van der Waals surface area contributed by atoms with Crippen molar-refractivity contribution in [3.05, 3.63) is 35.1 Å². The maximum absolute atomic E-state index is 11.9. The fourth-order valence-electron chi connectivity index (χ4n) is 1.78. The van der Waals surface area contributed by atoms with Gasteiger partial charge < -0.3 is 19.5 Å². The van der Waals surface area contributed by atoms with Crippen LogP contribution in [-0.4, -0.2) is 53.2 Å². The summed E-state index contributed by atoms with van der Waals surface area (Å²) in [6.07, 6.45) is -0.504. The summed E-state index contributed by atoms with van der Waals surface area (Å²) in [5, 5.41) is 14.5. The first-order valence-electron chi connectivity index (χ1n) is 7.08. The van der Waals surface area contributed by atoms with Gasteiger partial charge in [-0.15, -0.1) is 5.10 Å². The molecule has 130 valence electrons. The summed E-state index contributed by atoms with van der Waals surface area (Å²) in [6, 6.07) is 6.91. The van der Waals surface area contributed by atoms with E-state index in [1.165, 1.54) is 18.9 Å². The summed E-state index contributed by atoms with van der Waals surface area (Å²) in [5.74, 6) is 0.783. The van der Waals surface area contributed by atoms with E-state index < -0.39 is 6.29 Å². The lowest BCUT2D eigenvalue weighted by molar-refractivity contribution is -0.128. The molecule has 0 aliphatic heterocycles. The molecule has 1 heterocycles. The van der Waals surface area contributed by atoms with Gasteiger partial charge in [0.25, 0.3) is 0 Å². The van der Waals surface area contributed by atoms with Crippen LogP contribution >= 0.6 is 11.6 Å². The van der Waals surface area contributed by atoms with Crippen LogP contribution < -0.4 is 10.1 Å². The van der Waals surface area contributed by atoms with E-state index in [1.54, 1.807) is 24.3 Å². The Hall–Kier alpha value is -2.23. The van der Waals surface area contributed by atoms with Gasteiger partial charge >= 0.3 is 0 Å². The highest BCUT2D eigenvalue weighted by Crippen LogP contribution is 2.16. The van der Waals surface area contributed by atoms with Gasteiger partial charge in [0.1, 0.15) is 18.9 Å². The van der Waals surface area contributed by atoms with Crippen LogP contribution in [0.2, 0.25) is 5.02 Å². The van der Waals surface area contributed by atoms with Crippen molar-refractivity contribution in [1.82, 2.24) is 25.5 Å². The van der Waals surface area contributed by atoms with Crippen LogP contribution in [0.3, 0.4) is 0 Å². The fourth-order valence-corrected chi connectivity index (χ4v) is 1.91. The zero-order chi connectivity index (χ0) is 17.4. The van der Waals surface area contributed by atoms with Crippen molar-refractivity contribution in [3.8, 4) is 5.75 Å². The predicted octanol–water partition coefficient (Wildman–Crippen LogP) is 0.641. The summed E-state index contributed by atoms with van der Waals surface area (Å²) in [7, 11) is 2.99. The molecule has 24 heavy (non-hydrogen) atoms. The Morgan fingerprint density at radius 1 is 1.29 bits per heavy atom. The van der Waals surface area contributed by atoms with E-state index in [0.717, 1.165) is 0 Å². The van der Waals surface area contributed by atoms with Crippen LogP contribution in [0.1, 0.15) is 5.82 Å². The number of methoxy groups -OCH3 is 2. The largest absolute Gasteiger partial charge is 0.486 e. The normalized spacial score (nSPS) is 10.8. The van der Waals surface area contributed by atoms with E-state index in [4.69, 9.17) is 25.8 Å². The van der Waals surface area contributed by atoms with Crippen molar-refractivity contribution in [1.29, 1.82) is 0 Å². The standard InChI is InChI=1S/C14H18ClN5O4/c1-22-14(23-2)7-16-13(21)8-20-12(17-18-19-20)9-24-11-5-3-10(15)4-6-11/h3-6,14H,7-9H2,1-2H3,(H,16,21). The van der Waals surface area contributed by atoms with Crippen LogP contribution in [0.15, 0.2) is 24.3 Å². The molecule has 0 fully saturated rings. The molecule has 0 radical (unpaired) electrons. The van der Waals surface area contributed by atoms with Gasteiger partial charge in [0, 0.05) is 19.2 Å². The predicted molar refractivity (Wildman–Crippen MR) is 84.4 cm³/mol. The molecule has 1 aromatic heterocycles. The van der Waals surface area contributed by atoms with E-state index in [1.807, 2.05) is 0 Å². The third-order valence-electron chi connectivity index (χ3n) is 3.07. The number of benzene rings is 1. The van der Waals surface area contributed by atoms with Gasteiger partial charge in [0.2, 0.25) is 5.91 Å². The molecule has 9 nitrogen and oxygen atoms in total. The highest BCUT2D eigenvalue weighted by molar-refractivity contribution is 6.30. The van der Waals surface area contributed by atoms with Gasteiger partial charge in [-0.2, -0.15) is 0 Å². The Bertz CT molecular complexity index is 645. The quantitative estimate of drug-likeness (QED) is 0.659. The smallest absolute Gasteiger partial charge is 0.242 e. The highest BCUT2D eigenvalue weighted by Gasteiger charge is 2.13. The summed E-state index contributed by atoms with van der Waals surface area (Å²) >= 11 is 5.81. The molecule has 0 saturated carbocycles. The minimum atomic E-state index is -0.504. The molecule has 0 saturated heterocycles. The van der Waals surface area contributed by atoms with Crippen molar-refractivity contribution in [2.45, 2.75) is 19.4 Å². The number of hydrogen-bond donors (Lipinski definition) is 1. The number of carbonyl (C=O) groups is 1. The zero-order valence-electron chi connectivity index (χ0n) is 13.3. The summed E-state index contributed by atoms with van der Waals surface area (Å²) in [4.78, 5) is 11.9. The molecule has 2 aromatic rings. The molecule has 0 atom stereocenters. The first kappa shape index (κ1) is 18.1. The Labute approximate surface area is 143 Å². The Kier molecular flexibility index (Phi) is 6.91. The molecule has 0 aliphatic rings. The van der Waals surface area contributed by atoms with Gasteiger partial charge in [-0.1, -0.05) is 11.6 Å². The van der Waals surface area contributed by atoms with Gasteiger partial charge in [-0.05, 0) is 34.7 Å². The van der Waals surface area contributed by atoms with E-state index in [0.29, 0.717) is 16.6 Å². The highest BCUT2D eigenvalue weighted by atomic mass is 35.5. The second-order valence-electron chi connectivity index (χ2n) is 4.70. The monoisotopic (exact) mass is 355 g/mol. The average molecular weight is 356 g/mol. The number of tetrazole rings is 1. The minimum absolute atomic E-state index is 0.0353. The lowest BCUT2D eigenvalue weighted by atomic mass is 10.3. The van der Waals surface area contributed by atoms with E-state index >= 15 is 0 Å².